The number of nitrogens with one attached hydrogen (secondary N) is 2. The number of carbonyl (C=O) groups is 2. The molecule has 0 aliphatic carbocycles. The molecule has 0 aliphatic rings. The number of ether oxygens (including phenoxy) is 1. The van der Waals surface area contributed by atoms with Crippen LogP contribution in [-0.4, -0.2) is 33.6 Å². The van der Waals surface area contributed by atoms with Crippen molar-refractivity contribution in [3.8, 4) is 11.4 Å². The van der Waals surface area contributed by atoms with E-state index in [0.29, 0.717) is 28.4 Å². The Kier molecular flexibility index (Phi) is 7.05. The van der Waals surface area contributed by atoms with Crippen molar-refractivity contribution in [2.75, 3.05) is 17.7 Å². The van der Waals surface area contributed by atoms with Gasteiger partial charge in [-0.1, -0.05) is 24.3 Å². The first-order valence-corrected chi connectivity index (χ1v) is 11.0. The van der Waals surface area contributed by atoms with Gasteiger partial charge in [-0.2, -0.15) is 5.10 Å². The molecule has 0 aliphatic heterocycles. The zero-order chi connectivity index (χ0) is 26.5. The van der Waals surface area contributed by atoms with Gasteiger partial charge in [0.15, 0.2) is 5.69 Å². The molecule has 0 atom stereocenters. The van der Waals surface area contributed by atoms with Crippen molar-refractivity contribution in [2.45, 2.75) is 6.92 Å². The summed E-state index contributed by atoms with van der Waals surface area (Å²) in [6.45, 7) is 1.56. The summed E-state index contributed by atoms with van der Waals surface area (Å²) in [5, 5.41) is 20.9. The summed E-state index contributed by atoms with van der Waals surface area (Å²) in [6, 6.07) is 20.1. The number of rotatable bonds is 7. The van der Waals surface area contributed by atoms with Gasteiger partial charge in [0.1, 0.15) is 11.4 Å². The first-order chi connectivity index (χ1) is 17.8. The summed E-state index contributed by atoms with van der Waals surface area (Å²) in [5.74, 6) is -0.671. The first-order valence-electron chi connectivity index (χ1n) is 11.0. The third-order valence-electron chi connectivity index (χ3n) is 5.39. The van der Waals surface area contributed by atoms with Gasteiger partial charge in [0.2, 0.25) is 5.43 Å². The van der Waals surface area contributed by atoms with Gasteiger partial charge in [0.05, 0.1) is 17.7 Å². The molecule has 0 saturated carbocycles. The standard InChI is InChI=1S/C26H21N5O6/c1-16-15-22(32)24(29-30(16)20-8-4-5-9-21(20)31(35)36)26(34)27-18-13-11-17(12-14-18)25(33)28-19-7-3-6-10-23(19)37-2/h3-15H,1-2H3,(H,27,34)(H,28,33). The molecule has 186 valence electrons. The van der Waals surface area contributed by atoms with Gasteiger partial charge < -0.3 is 15.4 Å². The minimum absolute atomic E-state index is 0.115. The molecule has 2 amide bonds. The molecule has 11 heteroatoms. The third kappa shape index (κ3) is 5.35. The third-order valence-corrected chi connectivity index (χ3v) is 5.39. The van der Waals surface area contributed by atoms with E-state index >= 15 is 0 Å². The zero-order valence-electron chi connectivity index (χ0n) is 19.8. The molecular formula is C26H21N5O6. The molecule has 37 heavy (non-hydrogen) atoms. The van der Waals surface area contributed by atoms with Gasteiger partial charge in [0.25, 0.3) is 17.5 Å². The number of amides is 2. The second-order valence-electron chi connectivity index (χ2n) is 7.84. The van der Waals surface area contributed by atoms with E-state index < -0.39 is 22.0 Å². The van der Waals surface area contributed by atoms with Crippen molar-refractivity contribution in [1.29, 1.82) is 0 Å². The number of para-hydroxylation sites is 4. The second kappa shape index (κ2) is 10.5. The fourth-order valence-electron chi connectivity index (χ4n) is 3.58. The van der Waals surface area contributed by atoms with Crippen molar-refractivity contribution in [3.05, 3.63) is 116 Å². The average Bonchev–Trinajstić information content (AvgIpc) is 2.89. The molecule has 11 nitrogen and oxygen atoms in total. The maximum Gasteiger partial charge on any atom is 0.294 e. The molecule has 1 aromatic heterocycles. The van der Waals surface area contributed by atoms with Gasteiger partial charge >= 0.3 is 0 Å². The summed E-state index contributed by atoms with van der Waals surface area (Å²) in [7, 11) is 1.50. The van der Waals surface area contributed by atoms with Gasteiger partial charge in [0, 0.05) is 29.1 Å². The van der Waals surface area contributed by atoms with Crippen LogP contribution in [0.3, 0.4) is 0 Å². The minimum Gasteiger partial charge on any atom is -0.495 e. The van der Waals surface area contributed by atoms with E-state index in [4.69, 9.17) is 4.74 Å². The number of aryl methyl sites for hydroxylation is 1. The van der Waals surface area contributed by atoms with Gasteiger partial charge in [-0.15, -0.1) is 0 Å². The van der Waals surface area contributed by atoms with Crippen LogP contribution in [-0.2, 0) is 0 Å². The molecule has 0 unspecified atom stereocenters. The Hall–Kier alpha value is -5.32. The number of aromatic nitrogens is 2. The lowest BCUT2D eigenvalue weighted by atomic mass is 10.1. The highest BCUT2D eigenvalue weighted by molar-refractivity contribution is 6.06. The van der Waals surface area contributed by atoms with Crippen LogP contribution in [0.2, 0.25) is 0 Å². The Morgan fingerprint density at radius 1 is 0.946 bits per heavy atom. The molecule has 0 saturated heterocycles. The van der Waals surface area contributed by atoms with Crippen LogP contribution in [0.4, 0.5) is 17.1 Å². The SMILES string of the molecule is COc1ccccc1NC(=O)c1ccc(NC(=O)c2nn(-c3ccccc3[N+](=O)[O-])c(C)cc2=O)cc1. The molecule has 0 spiro atoms. The minimum atomic E-state index is -0.802. The number of nitrogens with zero attached hydrogens (tertiary/aromatic N) is 3. The molecule has 0 fully saturated rings. The van der Waals surface area contributed by atoms with Crippen LogP contribution in [0.15, 0.2) is 83.7 Å². The van der Waals surface area contributed by atoms with E-state index in [0.717, 1.165) is 0 Å². The van der Waals surface area contributed by atoms with Crippen LogP contribution in [0, 0.1) is 17.0 Å². The molecule has 2 N–H and O–H groups in total. The summed E-state index contributed by atoms with van der Waals surface area (Å²) in [5.41, 5.74) is 0.280. The summed E-state index contributed by atoms with van der Waals surface area (Å²) >= 11 is 0. The number of hydrogen-bond acceptors (Lipinski definition) is 7. The highest BCUT2D eigenvalue weighted by Crippen LogP contribution is 2.24. The van der Waals surface area contributed by atoms with Gasteiger partial charge in [-0.05, 0) is 49.4 Å². The number of carbonyl (C=O) groups excluding carboxylic acids is 2. The zero-order valence-corrected chi connectivity index (χ0v) is 19.8. The number of methoxy groups -OCH3 is 1. The van der Waals surface area contributed by atoms with Gasteiger partial charge in [-0.25, -0.2) is 4.68 Å². The Balaban J connectivity index is 1.54. The van der Waals surface area contributed by atoms with E-state index in [2.05, 4.69) is 15.7 Å². The van der Waals surface area contributed by atoms with E-state index in [9.17, 15) is 24.5 Å². The number of anilines is 2. The highest BCUT2D eigenvalue weighted by Gasteiger charge is 2.20. The van der Waals surface area contributed by atoms with E-state index in [1.54, 1.807) is 37.3 Å². The fourth-order valence-corrected chi connectivity index (χ4v) is 3.58. The molecule has 0 radical (unpaired) electrons. The molecule has 4 aromatic rings. The molecular weight excluding hydrogens is 478 g/mol. The quantitative estimate of drug-likeness (QED) is 0.289. The first kappa shape index (κ1) is 24.8. The van der Waals surface area contributed by atoms with Crippen molar-refractivity contribution in [1.82, 2.24) is 9.78 Å². The molecule has 3 aromatic carbocycles. The summed E-state index contributed by atoms with van der Waals surface area (Å²) < 4.78 is 6.41. The lowest BCUT2D eigenvalue weighted by Gasteiger charge is -2.12. The largest absolute Gasteiger partial charge is 0.495 e. The normalized spacial score (nSPS) is 10.4. The Labute approximate surface area is 210 Å². The van der Waals surface area contributed by atoms with E-state index in [1.807, 2.05) is 0 Å². The molecule has 4 rings (SSSR count). The monoisotopic (exact) mass is 499 g/mol. The van der Waals surface area contributed by atoms with Crippen LogP contribution in [0.1, 0.15) is 26.5 Å². The number of hydrogen-bond donors (Lipinski definition) is 2. The maximum absolute atomic E-state index is 12.9. The van der Waals surface area contributed by atoms with Crippen LogP contribution >= 0.6 is 0 Å². The lowest BCUT2D eigenvalue weighted by Crippen LogP contribution is -2.27. The van der Waals surface area contributed by atoms with Crippen LogP contribution < -0.4 is 20.8 Å². The van der Waals surface area contributed by atoms with Crippen LogP contribution in [0.5, 0.6) is 5.75 Å². The lowest BCUT2D eigenvalue weighted by molar-refractivity contribution is -0.384. The summed E-state index contributed by atoms with van der Waals surface area (Å²) in [6.07, 6.45) is 0. The summed E-state index contributed by atoms with van der Waals surface area (Å²) in [4.78, 5) is 48.8. The van der Waals surface area contributed by atoms with E-state index in [1.165, 1.54) is 60.3 Å². The number of nitro groups is 1. The van der Waals surface area contributed by atoms with Crippen LogP contribution in [0.25, 0.3) is 5.69 Å². The van der Waals surface area contributed by atoms with Crippen molar-refractivity contribution in [3.63, 3.8) is 0 Å². The number of nitro benzene ring substituents is 1. The highest BCUT2D eigenvalue weighted by atomic mass is 16.6. The van der Waals surface area contributed by atoms with Crippen molar-refractivity contribution >= 4 is 28.9 Å². The Morgan fingerprint density at radius 3 is 2.32 bits per heavy atom. The topological polar surface area (TPSA) is 145 Å². The van der Waals surface area contributed by atoms with Crippen molar-refractivity contribution in [2.24, 2.45) is 0 Å². The Morgan fingerprint density at radius 2 is 1.62 bits per heavy atom. The number of benzene rings is 3. The molecule has 1 heterocycles. The maximum atomic E-state index is 12.9. The molecule has 0 bridgehead atoms. The second-order valence-corrected chi connectivity index (χ2v) is 7.84. The van der Waals surface area contributed by atoms with Crippen molar-refractivity contribution < 1.29 is 19.2 Å². The fraction of sp³-hybridized carbons (Fsp3) is 0.0769. The predicted octanol–water partition coefficient (Wildman–Crippen LogP) is 3.96. The van der Waals surface area contributed by atoms with E-state index in [-0.39, 0.29) is 17.3 Å². The predicted molar refractivity (Wildman–Crippen MR) is 137 cm³/mol. The van der Waals surface area contributed by atoms with Gasteiger partial charge in [-0.3, -0.25) is 24.5 Å². The Bertz CT molecular complexity index is 1560. The smallest absolute Gasteiger partial charge is 0.294 e. The average molecular weight is 499 g/mol.